The molecule has 2 aromatic carbocycles. The highest BCUT2D eigenvalue weighted by Crippen LogP contribution is 2.28. The third-order valence-electron chi connectivity index (χ3n) is 4.32. The summed E-state index contributed by atoms with van der Waals surface area (Å²) in [5, 5.41) is 12.4. The zero-order chi connectivity index (χ0) is 22.4. The standard InChI is InChI=1S/C22H22ClFN4O2S/c1-4-11-28-21(15(3)30-19-10-5-16(23)12-14(19)2)26-27-22(28)31-13-20(29)25-18-8-6-17(24)7-9-18/h4-10,12,15H,1,11,13H2,2-3H3,(H,25,29). The van der Waals surface area contributed by atoms with E-state index in [1.54, 1.807) is 12.1 Å². The lowest BCUT2D eigenvalue weighted by atomic mass is 10.2. The lowest BCUT2D eigenvalue weighted by Gasteiger charge is -2.17. The van der Waals surface area contributed by atoms with Gasteiger partial charge in [-0.15, -0.1) is 16.8 Å². The number of amides is 1. The Labute approximate surface area is 189 Å². The van der Waals surface area contributed by atoms with Crippen LogP contribution in [0.3, 0.4) is 0 Å². The largest absolute Gasteiger partial charge is 0.482 e. The molecule has 162 valence electrons. The van der Waals surface area contributed by atoms with Crippen LogP contribution in [0, 0.1) is 12.7 Å². The third kappa shape index (κ3) is 6.08. The Morgan fingerprint density at radius 3 is 2.74 bits per heavy atom. The number of nitrogens with zero attached hydrogens (tertiary/aromatic N) is 3. The quantitative estimate of drug-likeness (QED) is 0.340. The van der Waals surface area contributed by atoms with Gasteiger partial charge in [0.25, 0.3) is 0 Å². The molecule has 0 aliphatic rings. The monoisotopic (exact) mass is 460 g/mol. The summed E-state index contributed by atoms with van der Waals surface area (Å²) in [7, 11) is 0. The Morgan fingerprint density at radius 1 is 1.32 bits per heavy atom. The Balaban J connectivity index is 1.68. The fraction of sp³-hybridized carbons (Fsp3) is 0.227. The van der Waals surface area contributed by atoms with Crippen molar-refractivity contribution in [2.45, 2.75) is 31.7 Å². The molecule has 1 heterocycles. The molecule has 0 fully saturated rings. The molecule has 0 aliphatic carbocycles. The molecule has 1 amide bonds. The predicted molar refractivity (Wildman–Crippen MR) is 121 cm³/mol. The molecule has 1 unspecified atom stereocenters. The van der Waals surface area contributed by atoms with Crippen molar-refractivity contribution < 1.29 is 13.9 Å². The van der Waals surface area contributed by atoms with E-state index in [1.807, 2.05) is 30.5 Å². The van der Waals surface area contributed by atoms with Gasteiger partial charge in [-0.05, 0) is 61.9 Å². The molecule has 0 radical (unpaired) electrons. The summed E-state index contributed by atoms with van der Waals surface area (Å²) in [6.07, 6.45) is 1.35. The Morgan fingerprint density at radius 2 is 2.06 bits per heavy atom. The van der Waals surface area contributed by atoms with E-state index < -0.39 is 0 Å². The van der Waals surface area contributed by atoms with Gasteiger partial charge in [0.05, 0.1) is 5.75 Å². The third-order valence-corrected chi connectivity index (χ3v) is 5.52. The first-order valence-corrected chi connectivity index (χ1v) is 10.9. The fourth-order valence-electron chi connectivity index (χ4n) is 2.86. The van der Waals surface area contributed by atoms with Crippen LogP contribution in [0.1, 0.15) is 24.4 Å². The molecule has 3 rings (SSSR count). The number of hydrogen-bond acceptors (Lipinski definition) is 5. The van der Waals surface area contributed by atoms with Crippen LogP contribution in [0.25, 0.3) is 0 Å². The van der Waals surface area contributed by atoms with E-state index in [0.717, 1.165) is 5.56 Å². The second-order valence-electron chi connectivity index (χ2n) is 6.75. The van der Waals surface area contributed by atoms with Gasteiger partial charge in [-0.1, -0.05) is 29.4 Å². The zero-order valence-electron chi connectivity index (χ0n) is 17.1. The van der Waals surface area contributed by atoms with Crippen LogP contribution in [0.4, 0.5) is 10.1 Å². The summed E-state index contributed by atoms with van der Waals surface area (Å²) in [4.78, 5) is 12.2. The molecule has 6 nitrogen and oxygen atoms in total. The van der Waals surface area contributed by atoms with Crippen LogP contribution in [0.5, 0.6) is 5.75 Å². The molecule has 1 N–H and O–H groups in total. The number of thioether (sulfide) groups is 1. The second-order valence-corrected chi connectivity index (χ2v) is 8.13. The highest BCUT2D eigenvalue weighted by atomic mass is 35.5. The lowest BCUT2D eigenvalue weighted by Crippen LogP contribution is -2.15. The number of aryl methyl sites for hydroxylation is 1. The predicted octanol–water partition coefficient (Wildman–Crippen LogP) is 5.44. The average molecular weight is 461 g/mol. The van der Waals surface area contributed by atoms with Crippen molar-refractivity contribution in [3.05, 3.63) is 77.3 Å². The molecule has 9 heteroatoms. The summed E-state index contributed by atoms with van der Waals surface area (Å²) < 4.78 is 20.9. The number of aromatic nitrogens is 3. The van der Waals surface area contributed by atoms with Gasteiger partial charge < -0.3 is 10.1 Å². The van der Waals surface area contributed by atoms with E-state index in [2.05, 4.69) is 22.1 Å². The van der Waals surface area contributed by atoms with Gasteiger partial charge >= 0.3 is 0 Å². The Kier molecular flexibility index (Phi) is 7.70. The zero-order valence-corrected chi connectivity index (χ0v) is 18.7. The van der Waals surface area contributed by atoms with Crippen LogP contribution >= 0.6 is 23.4 Å². The minimum absolute atomic E-state index is 0.123. The van der Waals surface area contributed by atoms with Crippen molar-refractivity contribution in [3.8, 4) is 5.75 Å². The smallest absolute Gasteiger partial charge is 0.234 e. The number of hydrogen-bond donors (Lipinski definition) is 1. The van der Waals surface area contributed by atoms with Gasteiger partial charge in [-0.3, -0.25) is 9.36 Å². The summed E-state index contributed by atoms with van der Waals surface area (Å²) in [5.41, 5.74) is 1.45. The van der Waals surface area contributed by atoms with Gasteiger partial charge in [0.15, 0.2) is 17.1 Å². The maximum Gasteiger partial charge on any atom is 0.234 e. The van der Waals surface area contributed by atoms with Crippen molar-refractivity contribution >= 4 is 35.0 Å². The van der Waals surface area contributed by atoms with E-state index in [4.69, 9.17) is 16.3 Å². The number of carbonyl (C=O) groups is 1. The van der Waals surface area contributed by atoms with Crippen molar-refractivity contribution in [2.24, 2.45) is 0 Å². The molecule has 0 aliphatic heterocycles. The number of halogens is 2. The summed E-state index contributed by atoms with van der Waals surface area (Å²) in [6, 6.07) is 11.0. The Bertz CT molecular complexity index is 1070. The van der Waals surface area contributed by atoms with Crippen LogP contribution in [-0.4, -0.2) is 26.4 Å². The maximum absolute atomic E-state index is 13.0. The first kappa shape index (κ1) is 22.8. The van der Waals surface area contributed by atoms with Crippen LogP contribution in [0.15, 0.2) is 60.3 Å². The van der Waals surface area contributed by atoms with Crippen molar-refractivity contribution in [3.63, 3.8) is 0 Å². The minimum Gasteiger partial charge on any atom is -0.482 e. The number of rotatable bonds is 9. The molecule has 0 saturated carbocycles. The number of carbonyl (C=O) groups excluding carboxylic acids is 1. The first-order valence-electron chi connectivity index (χ1n) is 9.52. The highest BCUT2D eigenvalue weighted by Gasteiger charge is 2.20. The molecule has 31 heavy (non-hydrogen) atoms. The van der Waals surface area contributed by atoms with Crippen molar-refractivity contribution in [2.75, 3.05) is 11.1 Å². The van der Waals surface area contributed by atoms with E-state index in [0.29, 0.717) is 34.0 Å². The van der Waals surface area contributed by atoms with E-state index in [1.165, 1.54) is 36.0 Å². The minimum atomic E-state index is -0.380. The lowest BCUT2D eigenvalue weighted by molar-refractivity contribution is -0.113. The first-order chi connectivity index (χ1) is 14.9. The van der Waals surface area contributed by atoms with Gasteiger partial charge in [0.1, 0.15) is 11.6 Å². The fourth-order valence-corrected chi connectivity index (χ4v) is 3.84. The maximum atomic E-state index is 13.0. The molecule has 3 aromatic rings. The summed E-state index contributed by atoms with van der Waals surface area (Å²) in [6.45, 7) is 8.06. The molecule has 0 bridgehead atoms. The van der Waals surface area contributed by atoms with Crippen molar-refractivity contribution in [1.29, 1.82) is 0 Å². The van der Waals surface area contributed by atoms with Crippen LogP contribution in [-0.2, 0) is 11.3 Å². The molecule has 0 saturated heterocycles. The summed E-state index contributed by atoms with van der Waals surface area (Å²) in [5.74, 6) is 0.863. The topological polar surface area (TPSA) is 69.0 Å². The number of ether oxygens (including phenoxy) is 1. The molecule has 1 aromatic heterocycles. The van der Waals surface area contributed by atoms with E-state index in [-0.39, 0.29) is 23.6 Å². The SMILES string of the molecule is C=CCn1c(SCC(=O)Nc2ccc(F)cc2)nnc1C(C)Oc1ccc(Cl)cc1C. The highest BCUT2D eigenvalue weighted by molar-refractivity contribution is 7.99. The second kappa shape index (κ2) is 10.5. The van der Waals surface area contributed by atoms with Gasteiger partial charge in [-0.25, -0.2) is 4.39 Å². The number of anilines is 1. The Hall–Kier alpha value is -2.84. The van der Waals surface area contributed by atoms with Gasteiger partial charge in [0, 0.05) is 17.3 Å². The average Bonchev–Trinajstić information content (AvgIpc) is 3.13. The number of nitrogens with one attached hydrogen (secondary N) is 1. The van der Waals surface area contributed by atoms with Gasteiger partial charge in [0.2, 0.25) is 5.91 Å². The molecule has 0 spiro atoms. The van der Waals surface area contributed by atoms with Crippen LogP contribution < -0.4 is 10.1 Å². The van der Waals surface area contributed by atoms with Gasteiger partial charge in [-0.2, -0.15) is 0 Å². The van der Waals surface area contributed by atoms with Crippen molar-refractivity contribution in [1.82, 2.24) is 14.8 Å². The normalized spacial score (nSPS) is 11.7. The van der Waals surface area contributed by atoms with E-state index >= 15 is 0 Å². The van der Waals surface area contributed by atoms with E-state index in [9.17, 15) is 9.18 Å². The number of allylic oxidation sites excluding steroid dienone is 1. The molecule has 1 atom stereocenters. The summed E-state index contributed by atoms with van der Waals surface area (Å²) >= 11 is 7.26. The van der Waals surface area contributed by atoms with Crippen LogP contribution in [0.2, 0.25) is 5.02 Å². The number of benzene rings is 2. The molecular weight excluding hydrogens is 439 g/mol. The molecular formula is C22H22ClFN4O2S.